The first-order valence-corrected chi connectivity index (χ1v) is 5.79. The standard InChI is InChI=1S/C13H20N2O/c1-9-7-15(8-10(9)2)12-4-11(14)5-13(6-12)16-3/h4-6,9-10H,7-8,14H2,1-3H3. The molecule has 1 aromatic rings. The Labute approximate surface area is 97.2 Å². The van der Waals surface area contributed by atoms with E-state index in [-0.39, 0.29) is 0 Å². The van der Waals surface area contributed by atoms with Gasteiger partial charge in [-0.2, -0.15) is 0 Å². The van der Waals surface area contributed by atoms with Crippen molar-refractivity contribution in [1.29, 1.82) is 0 Å². The Bertz CT molecular complexity index is 368. The number of anilines is 2. The maximum absolute atomic E-state index is 5.87. The van der Waals surface area contributed by atoms with E-state index >= 15 is 0 Å². The number of ether oxygens (including phenoxy) is 1. The third-order valence-corrected chi connectivity index (χ3v) is 3.50. The fourth-order valence-corrected chi connectivity index (χ4v) is 2.25. The van der Waals surface area contributed by atoms with E-state index in [1.807, 2.05) is 12.1 Å². The second-order valence-corrected chi connectivity index (χ2v) is 4.82. The molecule has 1 aliphatic rings. The van der Waals surface area contributed by atoms with Crippen LogP contribution in [-0.4, -0.2) is 20.2 Å². The zero-order valence-electron chi connectivity index (χ0n) is 10.2. The van der Waals surface area contributed by atoms with Crippen LogP contribution in [0.5, 0.6) is 5.75 Å². The molecule has 0 bridgehead atoms. The Balaban J connectivity index is 2.24. The summed E-state index contributed by atoms with van der Waals surface area (Å²) in [6, 6.07) is 5.93. The molecule has 16 heavy (non-hydrogen) atoms. The molecule has 2 rings (SSSR count). The van der Waals surface area contributed by atoms with Crippen molar-refractivity contribution >= 4 is 11.4 Å². The smallest absolute Gasteiger partial charge is 0.122 e. The Morgan fingerprint density at radius 1 is 1.19 bits per heavy atom. The van der Waals surface area contributed by atoms with E-state index in [9.17, 15) is 0 Å². The molecule has 1 saturated heterocycles. The fourth-order valence-electron chi connectivity index (χ4n) is 2.25. The van der Waals surface area contributed by atoms with Gasteiger partial charge in [0.25, 0.3) is 0 Å². The largest absolute Gasteiger partial charge is 0.497 e. The van der Waals surface area contributed by atoms with Gasteiger partial charge in [0.2, 0.25) is 0 Å². The summed E-state index contributed by atoms with van der Waals surface area (Å²) in [5, 5.41) is 0. The fraction of sp³-hybridized carbons (Fsp3) is 0.538. The van der Waals surface area contributed by atoms with Crippen molar-refractivity contribution in [3.63, 3.8) is 0 Å². The Morgan fingerprint density at radius 3 is 2.38 bits per heavy atom. The van der Waals surface area contributed by atoms with Gasteiger partial charge in [-0.05, 0) is 17.9 Å². The molecule has 1 heterocycles. The molecule has 0 radical (unpaired) electrons. The van der Waals surface area contributed by atoms with Gasteiger partial charge in [-0.25, -0.2) is 0 Å². The van der Waals surface area contributed by atoms with Gasteiger partial charge in [0.1, 0.15) is 5.75 Å². The number of nitrogens with two attached hydrogens (primary N) is 1. The van der Waals surface area contributed by atoms with E-state index < -0.39 is 0 Å². The SMILES string of the molecule is COc1cc(N)cc(N2CC(C)C(C)C2)c1. The van der Waals surface area contributed by atoms with Crippen LogP contribution in [0, 0.1) is 11.8 Å². The minimum Gasteiger partial charge on any atom is -0.497 e. The summed E-state index contributed by atoms with van der Waals surface area (Å²) in [6.45, 7) is 6.81. The Hall–Kier alpha value is -1.38. The average molecular weight is 220 g/mol. The summed E-state index contributed by atoms with van der Waals surface area (Å²) in [5.74, 6) is 2.32. The van der Waals surface area contributed by atoms with Gasteiger partial charge in [0, 0.05) is 36.6 Å². The molecule has 0 aromatic heterocycles. The molecule has 2 atom stereocenters. The van der Waals surface area contributed by atoms with Crippen molar-refractivity contribution in [1.82, 2.24) is 0 Å². The molecule has 3 heteroatoms. The van der Waals surface area contributed by atoms with Crippen LogP contribution in [0.4, 0.5) is 11.4 Å². The predicted molar refractivity (Wildman–Crippen MR) is 67.9 cm³/mol. The van der Waals surface area contributed by atoms with E-state index in [1.165, 1.54) is 5.69 Å². The molecule has 2 N–H and O–H groups in total. The highest BCUT2D eigenvalue weighted by molar-refractivity contribution is 5.61. The first-order chi connectivity index (χ1) is 7.60. The summed E-state index contributed by atoms with van der Waals surface area (Å²) in [4.78, 5) is 2.38. The minimum atomic E-state index is 0.743. The van der Waals surface area contributed by atoms with Crippen LogP contribution in [0.1, 0.15) is 13.8 Å². The lowest BCUT2D eigenvalue weighted by Gasteiger charge is -2.19. The maximum Gasteiger partial charge on any atom is 0.122 e. The quantitative estimate of drug-likeness (QED) is 0.778. The Kier molecular flexibility index (Phi) is 2.95. The van der Waals surface area contributed by atoms with E-state index in [1.54, 1.807) is 7.11 Å². The third-order valence-electron chi connectivity index (χ3n) is 3.50. The van der Waals surface area contributed by atoms with Crippen molar-refractivity contribution in [3.05, 3.63) is 18.2 Å². The molecule has 88 valence electrons. The summed E-state index contributed by atoms with van der Waals surface area (Å²) in [5.41, 5.74) is 7.80. The lowest BCUT2D eigenvalue weighted by atomic mass is 10.0. The van der Waals surface area contributed by atoms with Crippen LogP contribution in [0.3, 0.4) is 0 Å². The van der Waals surface area contributed by atoms with Gasteiger partial charge < -0.3 is 15.4 Å². The number of nitrogen functional groups attached to an aromatic ring is 1. The number of rotatable bonds is 2. The first kappa shape index (κ1) is 11.1. The number of nitrogens with zero attached hydrogens (tertiary/aromatic N) is 1. The third kappa shape index (κ3) is 2.08. The first-order valence-electron chi connectivity index (χ1n) is 5.79. The van der Waals surface area contributed by atoms with Crippen LogP contribution in [-0.2, 0) is 0 Å². The van der Waals surface area contributed by atoms with Crippen LogP contribution in [0.15, 0.2) is 18.2 Å². The number of hydrogen-bond acceptors (Lipinski definition) is 3. The van der Waals surface area contributed by atoms with E-state index in [0.717, 1.165) is 36.4 Å². The van der Waals surface area contributed by atoms with Crippen LogP contribution in [0.25, 0.3) is 0 Å². The van der Waals surface area contributed by atoms with Crippen molar-refractivity contribution in [2.45, 2.75) is 13.8 Å². The van der Waals surface area contributed by atoms with Crippen LogP contribution in [0.2, 0.25) is 0 Å². The van der Waals surface area contributed by atoms with Gasteiger partial charge in [-0.15, -0.1) is 0 Å². The molecule has 1 aromatic carbocycles. The molecule has 1 aliphatic heterocycles. The highest BCUT2D eigenvalue weighted by atomic mass is 16.5. The van der Waals surface area contributed by atoms with Gasteiger partial charge in [0.05, 0.1) is 7.11 Å². The normalized spacial score (nSPS) is 24.8. The molecule has 3 nitrogen and oxygen atoms in total. The highest BCUT2D eigenvalue weighted by Crippen LogP contribution is 2.31. The lowest BCUT2D eigenvalue weighted by Crippen LogP contribution is -2.19. The maximum atomic E-state index is 5.87. The number of hydrogen-bond donors (Lipinski definition) is 1. The zero-order valence-corrected chi connectivity index (χ0v) is 10.2. The molecular weight excluding hydrogens is 200 g/mol. The summed E-state index contributed by atoms with van der Waals surface area (Å²) in [6.07, 6.45) is 0. The van der Waals surface area contributed by atoms with Crippen LogP contribution >= 0.6 is 0 Å². The number of methoxy groups -OCH3 is 1. The van der Waals surface area contributed by atoms with E-state index in [2.05, 4.69) is 24.8 Å². The van der Waals surface area contributed by atoms with Crippen LogP contribution < -0.4 is 15.4 Å². The lowest BCUT2D eigenvalue weighted by molar-refractivity contribution is 0.415. The molecule has 0 amide bonds. The predicted octanol–water partition coefficient (Wildman–Crippen LogP) is 2.37. The van der Waals surface area contributed by atoms with Crippen molar-refractivity contribution < 1.29 is 4.74 Å². The van der Waals surface area contributed by atoms with Gasteiger partial charge in [-0.3, -0.25) is 0 Å². The Morgan fingerprint density at radius 2 is 1.81 bits per heavy atom. The zero-order chi connectivity index (χ0) is 11.7. The van der Waals surface area contributed by atoms with Gasteiger partial charge in [-0.1, -0.05) is 13.8 Å². The average Bonchev–Trinajstić information content (AvgIpc) is 2.58. The second kappa shape index (κ2) is 4.24. The summed E-state index contributed by atoms with van der Waals surface area (Å²) >= 11 is 0. The summed E-state index contributed by atoms with van der Waals surface area (Å²) in [7, 11) is 1.67. The number of benzene rings is 1. The van der Waals surface area contributed by atoms with Gasteiger partial charge in [0.15, 0.2) is 0 Å². The highest BCUT2D eigenvalue weighted by Gasteiger charge is 2.26. The van der Waals surface area contributed by atoms with Gasteiger partial charge >= 0.3 is 0 Å². The minimum absolute atomic E-state index is 0.743. The van der Waals surface area contributed by atoms with Crippen molar-refractivity contribution in [3.8, 4) is 5.75 Å². The molecule has 0 saturated carbocycles. The molecule has 0 spiro atoms. The topological polar surface area (TPSA) is 38.5 Å². The van der Waals surface area contributed by atoms with Crippen molar-refractivity contribution in [2.24, 2.45) is 11.8 Å². The molecular formula is C13H20N2O. The van der Waals surface area contributed by atoms with E-state index in [0.29, 0.717) is 0 Å². The molecule has 0 aliphatic carbocycles. The second-order valence-electron chi connectivity index (χ2n) is 4.82. The van der Waals surface area contributed by atoms with E-state index in [4.69, 9.17) is 10.5 Å². The van der Waals surface area contributed by atoms with Crippen molar-refractivity contribution in [2.75, 3.05) is 30.8 Å². The molecule has 2 unspecified atom stereocenters. The monoisotopic (exact) mass is 220 g/mol. The molecule has 1 fully saturated rings. The summed E-state index contributed by atoms with van der Waals surface area (Å²) < 4.78 is 5.24.